The van der Waals surface area contributed by atoms with E-state index in [-0.39, 0.29) is 11.7 Å². The first kappa shape index (κ1) is 21.1. The number of fused-ring (bicyclic) bond motifs is 1. The lowest BCUT2D eigenvalue weighted by Gasteiger charge is -2.19. The Morgan fingerprint density at radius 1 is 1.16 bits per heavy atom. The number of aromatic nitrogens is 3. The Labute approximate surface area is 184 Å². The van der Waals surface area contributed by atoms with E-state index in [9.17, 15) is 9.18 Å². The van der Waals surface area contributed by atoms with Crippen molar-refractivity contribution in [2.24, 2.45) is 0 Å². The van der Waals surface area contributed by atoms with Crippen LogP contribution in [0.25, 0.3) is 11.2 Å². The number of thioether (sulfide) groups is 1. The normalized spacial score (nSPS) is 12.1. The topological polar surface area (TPSA) is 59.8 Å². The van der Waals surface area contributed by atoms with Crippen molar-refractivity contribution < 1.29 is 9.18 Å². The SMILES string of the molecule is CCC(C(=O)Nc1ccc(C)cc1)n1c(SCc2cccc(F)c2)nc2cccnc21. The summed E-state index contributed by atoms with van der Waals surface area (Å²) in [6.45, 7) is 3.97. The molecule has 0 bridgehead atoms. The molecular formula is C24H23FN4OS. The van der Waals surface area contributed by atoms with Crippen LogP contribution in [0.4, 0.5) is 10.1 Å². The smallest absolute Gasteiger partial charge is 0.247 e. The van der Waals surface area contributed by atoms with E-state index in [1.165, 1.54) is 23.9 Å². The quantitative estimate of drug-likeness (QED) is 0.376. The molecule has 1 amide bonds. The Morgan fingerprint density at radius 2 is 1.97 bits per heavy atom. The molecule has 0 aliphatic heterocycles. The van der Waals surface area contributed by atoms with Gasteiger partial charge in [0.25, 0.3) is 0 Å². The van der Waals surface area contributed by atoms with Crippen LogP contribution in [0.1, 0.15) is 30.5 Å². The molecule has 0 spiro atoms. The van der Waals surface area contributed by atoms with Gasteiger partial charge in [-0.2, -0.15) is 0 Å². The van der Waals surface area contributed by atoms with Gasteiger partial charge in [-0.15, -0.1) is 0 Å². The van der Waals surface area contributed by atoms with Crippen molar-refractivity contribution in [2.75, 3.05) is 5.32 Å². The van der Waals surface area contributed by atoms with Crippen molar-refractivity contribution in [3.8, 4) is 0 Å². The Kier molecular flexibility index (Phi) is 6.32. The van der Waals surface area contributed by atoms with Gasteiger partial charge >= 0.3 is 0 Å². The van der Waals surface area contributed by atoms with Crippen molar-refractivity contribution in [1.29, 1.82) is 0 Å². The molecule has 4 rings (SSSR count). The molecule has 2 aromatic heterocycles. The van der Waals surface area contributed by atoms with Crippen LogP contribution in [0.15, 0.2) is 72.0 Å². The van der Waals surface area contributed by atoms with E-state index in [4.69, 9.17) is 4.98 Å². The number of halogens is 1. The van der Waals surface area contributed by atoms with Gasteiger partial charge in [0.1, 0.15) is 17.4 Å². The predicted octanol–water partition coefficient (Wildman–Crippen LogP) is 5.76. The van der Waals surface area contributed by atoms with Gasteiger partial charge in [0.05, 0.1) is 0 Å². The second-order valence-electron chi connectivity index (χ2n) is 7.31. The van der Waals surface area contributed by atoms with Crippen LogP contribution in [-0.4, -0.2) is 20.4 Å². The highest BCUT2D eigenvalue weighted by atomic mass is 32.2. The molecule has 2 aromatic carbocycles. The maximum atomic E-state index is 13.6. The van der Waals surface area contributed by atoms with Crippen LogP contribution < -0.4 is 5.32 Å². The third kappa shape index (κ3) is 4.77. The number of anilines is 1. The first-order valence-corrected chi connectivity index (χ1v) is 11.1. The summed E-state index contributed by atoms with van der Waals surface area (Å²) in [5.74, 6) is 0.151. The number of carbonyl (C=O) groups is 1. The highest BCUT2D eigenvalue weighted by Crippen LogP contribution is 2.31. The number of nitrogens with zero attached hydrogens (tertiary/aromatic N) is 3. The Hall–Kier alpha value is -3.19. The van der Waals surface area contributed by atoms with E-state index in [0.29, 0.717) is 23.0 Å². The molecule has 0 saturated carbocycles. The van der Waals surface area contributed by atoms with Crippen LogP contribution in [0.3, 0.4) is 0 Å². The van der Waals surface area contributed by atoms with Crippen LogP contribution in [0.2, 0.25) is 0 Å². The van der Waals surface area contributed by atoms with Crippen LogP contribution >= 0.6 is 11.8 Å². The molecule has 0 fully saturated rings. The summed E-state index contributed by atoms with van der Waals surface area (Å²) in [5.41, 5.74) is 4.13. The van der Waals surface area contributed by atoms with Crippen molar-refractivity contribution in [3.05, 3.63) is 83.8 Å². The van der Waals surface area contributed by atoms with E-state index in [2.05, 4.69) is 10.3 Å². The lowest BCUT2D eigenvalue weighted by molar-refractivity contribution is -0.119. The zero-order valence-corrected chi connectivity index (χ0v) is 18.2. The standard InChI is InChI=1S/C24H23FN4OS/c1-3-21(23(30)27-19-11-9-16(2)10-12-19)29-22-20(8-5-13-26-22)28-24(29)31-15-17-6-4-7-18(25)14-17/h4-14,21H,3,15H2,1-2H3,(H,27,30). The van der Waals surface area contributed by atoms with E-state index in [0.717, 1.165) is 22.3 Å². The lowest BCUT2D eigenvalue weighted by Crippen LogP contribution is -2.26. The molecule has 7 heteroatoms. The number of carbonyl (C=O) groups excluding carboxylic acids is 1. The minimum atomic E-state index is -0.476. The Morgan fingerprint density at radius 3 is 2.71 bits per heavy atom. The summed E-state index contributed by atoms with van der Waals surface area (Å²) < 4.78 is 15.5. The molecule has 4 aromatic rings. The molecular weight excluding hydrogens is 411 g/mol. The maximum absolute atomic E-state index is 13.6. The van der Waals surface area contributed by atoms with E-state index in [1.807, 2.05) is 60.9 Å². The van der Waals surface area contributed by atoms with Gasteiger partial charge in [-0.25, -0.2) is 14.4 Å². The Bertz CT molecular complexity index is 1210. The third-order valence-corrected chi connectivity index (χ3v) is 6.02. The van der Waals surface area contributed by atoms with Gasteiger partial charge in [0, 0.05) is 17.6 Å². The van der Waals surface area contributed by atoms with Crippen molar-refractivity contribution >= 4 is 34.5 Å². The van der Waals surface area contributed by atoms with Crippen molar-refractivity contribution in [1.82, 2.24) is 14.5 Å². The minimum absolute atomic E-state index is 0.121. The number of hydrogen-bond donors (Lipinski definition) is 1. The van der Waals surface area contributed by atoms with Gasteiger partial charge in [-0.05, 0) is 55.3 Å². The number of rotatable bonds is 7. The van der Waals surface area contributed by atoms with Gasteiger partial charge in [0.15, 0.2) is 10.8 Å². The summed E-state index contributed by atoms with van der Waals surface area (Å²) in [5, 5.41) is 3.69. The first-order chi connectivity index (χ1) is 15.0. The summed E-state index contributed by atoms with van der Waals surface area (Å²) in [6, 6.07) is 17.5. The second-order valence-corrected chi connectivity index (χ2v) is 8.25. The van der Waals surface area contributed by atoms with Crippen molar-refractivity contribution in [2.45, 2.75) is 37.2 Å². The molecule has 158 valence electrons. The minimum Gasteiger partial charge on any atom is -0.324 e. The Balaban J connectivity index is 1.65. The van der Waals surface area contributed by atoms with Gasteiger partial charge in [-0.1, -0.05) is 48.5 Å². The number of nitrogens with one attached hydrogen (secondary N) is 1. The average Bonchev–Trinajstić information content (AvgIpc) is 3.13. The molecule has 1 N–H and O–H groups in total. The number of hydrogen-bond acceptors (Lipinski definition) is 4. The molecule has 1 atom stereocenters. The fraction of sp³-hybridized carbons (Fsp3) is 0.208. The first-order valence-electron chi connectivity index (χ1n) is 10.1. The van der Waals surface area contributed by atoms with Crippen LogP contribution in [0, 0.1) is 12.7 Å². The molecule has 2 heterocycles. The highest BCUT2D eigenvalue weighted by molar-refractivity contribution is 7.98. The summed E-state index contributed by atoms with van der Waals surface area (Å²) >= 11 is 1.47. The molecule has 31 heavy (non-hydrogen) atoms. The predicted molar refractivity (Wildman–Crippen MR) is 123 cm³/mol. The third-order valence-electron chi connectivity index (χ3n) is 4.99. The second kappa shape index (κ2) is 9.31. The fourth-order valence-electron chi connectivity index (χ4n) is 3.41. The van der Waals surface area contributed by atoms with Gasteiger partial charge in [-0.3, -0.25) is 9.36 Å². The van der Waals surface area contributed by atoms with E-state index < -0.39 is 6.04 Å². The van der Waals surface area contributed by atoms with E-state index >= 15 is 0 Å². The van der Waals surface area contributed by atoms with Crippen molar-refractivity contribution in [3.63, 3.8) is 0 Å². The van der Waals surface area contributed by atoms with Gasteiger partial charge in [0.2, 0.25) is 5.91 Å². The molecule has 0 aliphatic rings. The number of amides is 1. The molecule has 5 nitrogen and oxygen atoms in total. The summed E-state index contributed by atoms with van der Waals surface area (Å²) in [4.78, 5) is 22.4. The van der Waals surface area contributed by atoms with Crippen LogP contribution in [0.5, 0.6) is 0 Å². The monoisotopic (exact) mass is 434 g/mol. The van der Waals surface area contributed by atoms with E-state index in [1.54, 1.807) is 12.3 Å². The molecule has 0 saturated heterocycles. The summed E-state index contributed by atoms with van der Waals surface area (Å²) in [6.07, 6.45) is 2.28. The number of imidazole rings is 1. The number of pyridine rings is 1. The maximum Gasteiger partial charge on any atom is 0.247 e. The van der Waals surface area contributed by atoms with Crippen LogP contribution in [-0.2, 0) is 10.5 Å². The zero-order valence-electron chi connectivity index (χ0n) is 17.4. The molecule has 0 radical (unpaired) electrons. The summed E-state index contributed by atoms with van der Waals surface area (Å²) in [7, 11) is 0. The zero-order chi connectivity index (χ0) is 21.8. The number of aryl methyl sites for hydroxylation is 1. The largest absolute Gasteiger partial charge is 0.324 e. The molecule has 0 aliphatic carbocycles. The highest BCUT2D eigenvalue weighted by Gasteiger charge is 2.25. The average molecular weight is 435 g/mol. The molecule has 1 unspecified atom stereocenters. The van der Waals surface area contributed by atoms with Gasteiger partial charge < -0.3 is 5.32 Å². The fourth-order valence-corrected chi connectivity index (χ4v) is 4.40. The number of benzene rings is 2. The lowest BCUT2D eigenvalue weighted by atomic mass is 10.2.